The van der Waals surface area contributed by atoms with Gasteiger partial charge in [0.25, 0.3) is 0 Å². The standard InChI is InChI=1S/C8H19NO/c1-4-8(10)6-7-9(3)5-2/h8,10H,4-7H2,1-3H3/t8-/m1/s1. The number of nitrogens with zero attached hydrogens (tertiary/aromatic N) is 1. The van der Waals surface area contributed by atoms with Gasteiger partial charge in [-0.05, 0) is 26.4 Å². The van der Waals surface area contributed by atoms with Gasteiger partial charge in [-0.3, -0.25) is 0 Å². The van der Waals surface area contributed by atoms with E-state index in [1.165, 1.54) is 0 Å². The molecule has 0 amide bonds. The van der Waals surface area contributed by atoms with Gasteiger partial charge in [0.05, 0.1) is 6.10 Å². The molecule has 10 heavy (non-hydrogen) atoms. The molecular weight excluding hydrogens is 126 g/mol. The molecule has 0 bridgehead atoms. The Morgan fingerprint density at radius 2 is 2.00 bits per heavy atom. The van der Waals surface area contributed by atoms with Crippen molar-refractivity contribution in [3.05, 3.63) is 0 Å². The Labute approximate surface area is 63.8 Å². The van der Waals surface area contributed by atoms with Crippen LogP contribution >= 0.6 is 0 Å². The Kier molecular flexibility index (Phi) is 5.64. The van der Waals surface area contributed by atoms with E-state index >= 15 is 0 Å². The Morgan fingerprint density at radius 1 is 1.40 bits per heavy atom. The van der Waals surface area contributed by atoms with E-state index in [1.807, 2.05) is 6.92 Å². The first kappa shape index (κ1) is 9.92. The molecule has 62 valence electrons. The molecule has 0 aliphatic rings. The highest BCUT2D eigenvalue weighted by Gasteiger charge is 2.01. The molecule has 0 fully saturated rings. The van der Waals surface area contributed by atoms with Crippen molar-refractivity contribution in [2.45, 2.75) is 32.8 Å². The third-order valence-electron chi connectivity index (χ3n) is 1.86. The van der Waals surface area contributed by atoms with Gasteiger partial charge in [-0.1, -0.05) is 13.8 Å². The second-order valence-electron chi connectivity index (χ2n) is 2.75. The zero-order valence-electron chi connectivity index (χ0n) is 7.30. The first-order valence-corrected chi connectivity index (χ1v) is 4.07. The van der Waals surface area contributed by atoms with E-state index in [4.69, 9.17) is 0 Å². The van der Waals surface area contributed by atoms with Crippen LogP contribution in [0.5, 0.6) is 0 Å². The molecule has 0 saturated carbocycles. The minimum Gasteiger partial charge on any atom is -0.393 e. The molecule has 0 saturated heterocycles. The fourth-order valence-electron chi connectivity index (χ4n) is 0.732. The fraction of sp³-hybridized carbons (Fsp3) is 1.00. The van der Waals surface area contributed by atoms with E-state index in [0.29, 0.717) is 0 Å². The van der Waals surface area contributed by atoms with E-state index in [9.17, 15) is 5.11 Å². The summed E-state index contributed by atoms with van der Waals surface area (Å²) < 4.78 is 0. The maximum Gasteiger partial charge on any atom is 0.0549 e. The Hall–Kier alpha value is -0.0800. The molecule has 0 unspecified atom stereocenters. The SMILES string of the molecule is CC[C@@H](O)CCN(C)CC. The Bertz CT molecular complexity index is 65.7. The summed E-state index contributed by atoms with van der Waals surface area (Å²) in [7, 11) is 2.07. The molecule has 0 aromatic carbocycles. The van der Waals surface area contributed by atoms with Crippen molar-refractivity contribution in [1.29, 1.82) is 0 Å². The average Bonchev–Trinajstić information content (AvgIpc) is 1.99. The molecule has 2 heteroatoms. The monoisotopic (exact) mass is 145 g/mol. The molecule has 0 aliphatic heterocycles. The maximum absolute atomic E-state index is 9.18. The molecular formula is C8H19NO. The molecule has 2 nitrogen and oxygen atoms in total. The minimum atomic E-state index is -0.103. The summed E-state index contributed by atoms with van der Waals surface area (Å²) in [5.74, 6) is 0. The zero-order valence-corrected chi connectivity index (χ0v) is 7.30. The largest absolute Gasteiger partial charge is 0.393 e. The van der Waals surface area contributed by atoms with E-state index in [2.05, 4.69) is 18.9 Å². The molecule has 0 aliphatic carbocycles. The molecule has 0 aromatic rings. The van der Waals surface area contributed by atoms with E-state index < -0.39 is 0 Å². The average molecular weight is 145 g/mol. The number of rotatable bonds is 5. The van der Waals surface area contributed by atoms with Gasteiger partial charge in [-0.15, -0.1) is 0 Å². The van der Waals surface area contributed by atoms with Gasteiger partial charge in [-0.2, -0.15) is 0 Å². The highest BCUT2D eigenvalue weighted by Crippen LogP contribution is 1.97. The first-order valence-electron chi connectivity index (χ1n) is 4.07. The van der Waals surface area contributed by atoms with Gasteiger partial charge < -0.3 is 10.0 Å². The van der Waals surface area contributed by atoms with Gasteiger partial charge in [0.1, 0.15) is 0 Å². The van der Waals surface area contributed by atoms with Crippen LogP contribution in [0.15, 0.2) is 0 Å². The van der Waals surface area contributed by atoms with Crippen molar-refractivity contribution >= 4 is 0 Å². The second kappa shape index (κ2) is 5.69. The van der Waals surface area contributed by atoms with Crippen LogP contribution in [0.25, 0.3) is 0 Å². The van der Waals surface area contributed by atoms with E-state index in [0.717, 1.165) is 25.9 Å². The highest BCUT2D eigenvalue weighted by atomic mass is 16.3. The molecule has 1 N–H and O–H groups in total. The van der Waals surface area contributed by atoms with Gasteiger partial charge in [0.2, 0.25) is 0 Å². The Morgan fingerprint density at radius 3 is 2.40 bits per heavy atom. The van der Waals surface area contributed by atoms with Crippen LogP contribution in [0, 0.1) is 0 Å². The second-order valence-corrected chi connectivity index (χ2v) is 2.75. The van der Waals surface area contributed by atoms with Crippen LogP contribution in [0.2, 0.25) is 0 Å². The third kappa shape index (κ3) is 4.77. The topological polar surface area (TPSA) is 23.5 Å². The summed E-state index contributed by atoms with van der Waals surface area (Å²) in [5.41, 5.74) is 0. The summed E-state index contributed by atoms with van der Waals surface area (Å²) in [5, 5.41) is 9.18. The predicted molar refractivity (Wildman–Crippen MR) is 44.1 cm³/mol. The van der Waals surface area contributed by atoms with Crippen LogP contribution in [0.1, 0.15) is 26.7 Å². The zero-order chi connectivity index (χ0) is 7.98. The maximum atomic E-state index is 9.18. The lowest BCUT2D eigenvalue weighted by Gasteiger charge is -2.15. The summed E-state index contributed by atoms with van der Waals surface area (Å²) in [6.45, 7) is 6.21. The highest BCUT2D eigenvalue weighted by molar-refractivity contribution is 4.55. The first-order chi connectivity index (χ1) is 4.70. The molecule has 1 atom stereocenters. The van der Waals surface area contributed by atoms with Gasteiger partial charge in [0, 0.05) is 6.54 Å². The van der Waals surface area contributed by atoms with Crippen LogP contribution in [0.3, 0.4) is 0 Å². The summed E-state index contributed by atoms with van der Waals surface area (Å²) in [4.78, 5) is 2.21. The quantitative estimate of drug-likeness (QED) is 0.626. The van der Waals surface area contributed by atoms with E-state index in [-0.39, 0.29) is 6.10 Å². The van der Waals surface area contributed by atoms with Crippen LogP contribution in [-0.4, -0.2) is 36.2 Å². The van der Waals surface area contributed by atoms with Crippen LogP contribution < -0.4 is 0 Å². The number of hydrogen-bond acceptors (Lipinski definition) is 2. The molecule has 0 rings (SSSR count). The molecule has 0 spiro atoms. The van der Waals surface area contributed by atoms with Crippen LogP contribution in [-0.2, 0) is 0 Å². The fourth-order valence-corrected chi connectivity index (χ4v) is 0.732. The van der Waals surface area contributed by atoms with Gasteiger partial charge in [-0.25, -0.2) is 0 Å². The number of hydrogen-bond donors (Lipinski definition) is 1. The van der Waals surface area contributed by atoms with E-state index in [1.54, 1.807) is 0 Å². The summed E-state index contributed by atoms with van der Waals surface area (Å²) >= 11 is 0. The van der Waals surface area contributed by atoms with Crippen molar-refractivity contribution in [3.63, 3.8) is 0 Å². The van der Waals surface area contributed by atoms with Crippen molar-refractivity contribution in [3.8, 4) is 0 Å². The number of aliphatic hydroxyl groups is 1. The van der Waals surface area contributed by atoms with Crippen molar-refractivity contribution in [1.82, 2.24) is 4.90 Å². The van der Waals surface area contributed by atoms with Crippen molar-refractivity contribution in [2.75, 3.05) is 20.1 Å². The van der Waals surface area contributed by atoms with Gasteiger partial charge >= 0.3 is 0 Å². The van der Waals surface area contributed by atoms with Crippen molar-refractivity contribution in [2.24, 2.45) is 0 Å². The van der Waals surface area contributed by atoms with Crippen molar-refractivity contribution < 1.29 is 5.11 Å². The molecule has 0 radical (unpaired) electrons. The summed E-state index contributed by atoms with van der Waals surface area (Å²) in [6, 6.07) is 0. The minimum absolute atomic E-state index is 0.103. The lowest BCUT2D eigenvalue weighted by molar-refractivity contribution is 0.144. The molecule has 0 heterocycles. The lowest BCUT2D eigenvalue weighted by Crippen LogP contribution is -2.22. The summed E-state index contributed by atoms with van der Waals surface area (Å²) in [6.07, 6.45) is 1.67. The predicted octanol–water partition coefficient (Wildman–Crippen LogP) is 1.10. The lowest BCUT2D eigenvalue weighted by atomic mass is 10.2. The molecule has 0 aromatic heterocycles. The van der Waals surface area contributed by atoms with Crippen LogP contribution in [0.4, 0.5) is 0 Å². The smallest absolute Gasteiger partial charge is 0.0549 e. The third-order valence-corrected chi connectivity index (χ3v) is 1.86. The van der Waals surface area contributed by atoms with Gasteiger partial charge in [0.15, 0.2) is 0 Å². The normalized spacial score (nSPS) is 14.1. The Balaban J connectivity index is 3.17. The number of aliphatic hydroxyl groups excluding tert-OH is 1.